The number of ether oxygens (including phenoxy) is 3. The van der Waals surface area contributed by atoms with Crippen LogP contribution in [0.2, 0.25) is 0 Å². The summed E-state index contributed by atoms with van der Waals surface area (Å²) >= 11 is 0. The number of methoxy groups -OCH3 is 2. The first-order valence-electron chi connectivity index (χ1n) is 5.18. The lowest BCUT2D eigenvalue weighted by Crippen LogP contribution is -2.25. The first kappa shape index (κ1) is 13.3. The fraction of sp³-hybridized carbons (Fsp3) is 0.500. The van der Waals surface area contributed by atoms with Crippen LogP contribution < -0.4 is 14.2 Å². The van der Waals surface area contributed by atoms with Crippen molar-refractivity contribution in [1.82, 2.24) is 4.98 Å². The van der Waals surface area contributed by atoms with Gasteiger partial charge in [0.05, 0.1) is 25.8 Å². The predicted octanol–water partition coefficient (Wildman–Crippen LogP) is 2.05. The quantitative estimate of drug-likeness (QED) is 0.755. The number of nitrogens with zero attached hydrogens (tertiary/aromatic N) is 1. The predicted molar refractivity (Wildman–Crippen MR) is 62.4 cm³/mol. The van der Waals surface area contributed by atoms with Crippen LogP contribution in [-0.2, 0) is 4.79 Å². The zero-order valence-electron chi connectivity index (χ0n) is 10.7. The molecular formula is C12H17NO4. The number of hydrogen-bond acceptors (Lipinski definition) is 5. The molecule has 5 heteroatoms. The summed E-state index contributed by atoms with van der Waals surface area (Å²) < 4.78 is 15.3. The van der Waals surface area contributed by atoms with Crippen LogP contribution in [-0.4, -0.2) is 25.2 Å². The van der Waals surface area contributed by atoms with E-state index in [1.807, 2.05) is 0 Å². The number of rotatable bonds is 3. The van der Waals surface area contributed by atoms with Crippen LogP contribution in [0.25, 0.3) is 0 Å². The molecule has 0 aliphatic heterocycles. The second-order valence-electron chi connectivity index (χ2n) is 4.52. The molecule has 5 nitrogen and oxygen atoms in total. The summed E-state index contributed by atoms with van der Waals surface area (Å²) in [6.45, 7) is 5.33. The Kier molecular flexibility index (Phi) is 3.93. The van der Waals surface area contributed by atoms with Gasteiger partial charge in [0.15, 0.2) is 11.5 Å². The largest absolute Gasteiger partial charge is 0.493 e. The van der Waals surface area contributed by atoms with Crippen molar-refractivity contribution in [2.45, 2.75) is 20.8 Å². The van der Waals surface area contributed by atoms with Crippen LogP contribution in [0.1, 0.15) is 20.8 Å². The maximum absolute atomic E-state index is 11.7. The number of aromatic nitrogens is 1. The third-order valence-corrected chi connectivity index (χ3v) is 2.05. The molecule has 17 heavy (non-hydrogen) atoms. The van der Waals surface area contributed by atoms with Crippen molar-refractivity contribution in [3.63, 3.8) is 0 Å². The maximum atomic E-state index is 11.7. The van der Waals surface area contributed by atoms with Gasteiger partial charge in [-0.05, 0) is 20.8 Å². The second kappa shape index (κ2) is 5.03. The summed E-state index contributed by atoms with van der Waals surface area (Å²) in [5.74, 6) is 0.753. The van der Waals surface area contributed by atoms with E-state index in [0.29, 0.717) is 11.6 Å². The highest BCUT2D eigenvalue weighted by Gasteiger charge is 2.25. The molecule has 0 aliphatic rings. The van der Waals surface area contributed by atoms with E-state index in [9.17, 15) is 4.79 Å². The van der Waals surface area contributed by atoms with E-state index < -0.39 is 5.41 Å². The number of carbonyl (C=O) groups excluding carboxylic acids is 1. The van der Waals surface area contributed by atoms with E-state index in [1.165, 1.54) is 20.4 Å². The van der Waals surface area contributed by atoms with Gasteiger partial charge in [-0.1, -0.05) is 0 Å². The van der Waals surface area contributed by atoms with E-state index in [4.69, 9.17) is 14.2 Å². The maximum Gasteiger partial charge on any atom is 0.316 e. The number of esters is 1. The summed E-state index contributed by atoms with van der Waals surface area (Å²) in [6, 6.07) is 1.56. The molecule has 0 N–H and O–H groups in total. The van der Waals surface area contributed by atoms with Gasteiger partial charge in [-0.3, -0.25) is 4.79 Å². The smallest absolute Gasteiger partial charge is 0.316 e. The topological polar surface area (TPSA) is 57.7 Å². The number of hydrogen-bond donors (Lipinski definition) is 0. The van der Waals surface area contributed by atoms with Gasteiger partial charge in [0.25, 0.3) is 0 Å². The minimum atomic E-state index is -0.578. The lowest BCUT2D eigenvalue weighted by atomic mass is 9.97. The first-order valence-corrected chi connectivity index (χ1v) is 5.18. The molecule has 0 unspecified atom stereocenters. The molecule has 0 saturated heterocycles. The monoisotopic (exact) mass is 239 g/mol. The summed E-state index contributed by atoms with van der Waals surface area (Å²) in [5, 5.41) is 0. The molecule has 0 bridgehead atoms. The standard InChI is InChI=1S/C12H17NO4/c1-12(2,3)11(14)17-9-7-13-10(16-5)6-8(9)15-4/h6-7H,1-5H3. The molecule has 0 aromatic carbocycles. The van der Waals surface area contributed by atoms with Gasteiger partial charge in [0.1, 0.15) is 0 Å². The third-order valence-electron chi connectivity index (χ3n) is 2.05. The molecular weight excluding hydrogens is 222 g/mol. The SMILES string of the molecule is COc1cc(OC)c(OC(=O)C(C)(C)C)cn1. The van der Waals surface area contributed by atoms with Gasteiger partial charge >= 0.3 is 5.97 Å². The molecule has 0 atom stereocenters. The minimum Gasteiger partial charge on any atom is -0.493 e. The van der Waals surface area contributed by atoms with Gasteiger partial charge < -0.3 is 14.2 Å². The van der Waals surface area contributed by atoms with E-state index in [-0.39, 0.29) is 11.7 Å². The van der Waals surface area contributed by atoms with Crippen LogP contribution in [0, 0.1) is 5.41 Å². The zero-order valence-corrected chi connectivity index (χ0v) is 10.7. The molecule has 1 aromatic rings. The van der Waals surface area contributed by atoms with Crippen molar-refractivity contribution >= 4 is 5.97 Å². The zero-order chi connectivity index (χ0) is 13.1. The Morgan fingerprint density at radius 2 is 1.82 bits per heavy atom. The van der Waals surface area contributed by atoms with Gasteiger partial charge in [0.2, 0.25) is 5.88 Å². The highest BCUT2D eigenvalue weighted by Crippen LogP contribution is 2.30. The molecule has 0 radical (unpaired) electrons. The van der Waals surface area contributed by atoms with E-state index in [2.05, 4.69) is 4.98 Å². The van der Waals surface area contributed by atoms with Crippen molar-refractivity contribution in [1.29, 1.82) is 0 Å². The van der Waals surface area contributed by atoms with Crippen LogP contribution in [0.3, 0.4) is 0 Å². The lowest BCUT2D eigenvalue weighted by Gasteiger charge is -2.17. The highest BCUT2D eigenvalue weighted by molar-refractivity contribution is 5.78. The highest BCUT2D eigenvalue weighted by atomic mass is 16.6. The molecule has 0 saturated carbocycles. The Morgan fingerprint density at radius 3 is 2.29 bits per heavy atom. The van der Waals surface area contributed by atoms with Crippen molar-refractivity contribution in [3.05, 3.63) is 12.3 Å². The molecule has 0 amide bonds. The van der Waals surface area contributed by atoms with Gasteiger partial charge in [-0.15, -0.1) is 0 Å². The van der Waals surface area contributed by atoms with E-state index in [1.54, 1.807) is 26.8 Å². The average molecular weight is 239 g/mol. The Bertz CT molecular complexity index is 409. The third kappa shape index (κ3) is 3.34. The molecule has 0 aliphatic carbocycles. The van der Waals surface area contributed by atoms with Crippen LogP contribution in [0.5, 0.6) is 17.4 Å². The fourth-order valence-electron chi connectivity index (χ4n) is 1.01. The summed E-state index contributed by atoms with van der Waals surface area (Å²) in [7, 11) is 2.99. The van der Waals surface area contributed by atoms with Crippen LogP contribution in [0.4, 0.5) is 0 Å². The summed E-state index contributed by atoms with van der Waals surface area (Å²) in [4.78, 5) is 15.7. The molecule has 1 rings (SSSR count). The lowest BCUT2D eigenvalue weighted by molar-refractivity contribution is -0.143. The molecule has 94 valence electrons. The molecule has 1 heterocycles. The number of pyridine rings is 1. The normalized spacial score (nSPS) is 10.9. The Hall–Kier alpha value is -1.78. The van der Waals surface area contributed by atoms with Crippen LogP contribution >= 0.6 is 0 Å². The van der Waals surface area contributed by atoms with Crippen molar-refractivity contribution in [3.8, 4) is 17.4 Å². The Balaban J connectivity index is 2.95. The second-order valence-corrected chi connectivity index (χ2v) is 4.52. The van der Waals surface area contributed by atoms with Crippen molar-refractivity contribution < 1.29 is 19.0 Å². The fourth-order valence-corrected chi connectivity index (χ4v) is 1.01. The first-order chi connectivity index (χ1) is 7.88. The molecule has 0 fully saturated rings. The Labute approximate surface area is 101 Å². The van der Waals surface area contributed by atoms with Gasteiger partial charge in [-0.25, -0.2) is 4.98 Å². The molecule has 0 spiro atoms. The van der Waals surface area contributed by atoms with Crippen molar-refractivity contribution in [2.75, 3.05) is 14.2 Å². The Morgan fingerprint density at radius 1 is 1.18 bits per heavy atom. The van der Waals surface area contributed by atoms with E-state index >= 15 is 0 Å². The molecule has 1 aromatic heterocycles. The minimum absolute atomic E-state index is 0.285. The van der Waals surface area contributed by atoms with Gasteiger partial charge in [0, 0.05) is 6.07 Å². The average Bonchev–Trinajstić information content (AvgIpc) is 2.28. The van der Waals surface area contributed by atoms with Crippen LogP contribution in [0.15, 0.2) is 12.3 Å². The number of carbonyl (C=O) groups is 1. The van der Waals surface area contributed by atoms with E-state index in [0.717, 1.165) is 0 Å². The van der Waals surface area contributed by atoms with Crippen molar-refractivity contribution in [2.24, 2.45) is 5.41 Å². The van der Waals surface area contributed by atoms with Gasteiger partial charge in [-0.2, -0.15) is 0 Å². The summed E-state index contributed by atoms with van der Waals surface area (Å²) in [5.41, 5.74) is -0.578. The summed E-state index contributed by atoms with van der Waals surface area (Å²) in [6.07, 6.45) is 1.40.